The van der Waals surface area contributed by atoms with Gasteiger partial charge in [0.2, 0.25) is 5.91 Å². The minimum Gasteiger partial charge on any atom is -0.315 e. The fourth-order valence-electron chi connectivity index (χ4n) is 4.05. The second-order valence-corrected chi connectivity index (χ2v) is 8.18. The number of benzene rings is 3. The van der Waals surface area contributed by atoms with E-state index in [1.807, 2.05) is 72.9 Å². The van der Waals surface area contributed by atoms with Crippen LogP contribution in [0.15, 0.2) is 72.8 Å². The molecule has 0 radical (unpaired) electrons. The monoisotopic (exact) mass is 559 g/mol. The van der Waals surface area contributed by atoms with Crippen LogP contribution in [-0.2, 0) is 16.0 Å². The zero-order valence-corrected chi connectivity index (χ0v) is 25.5. The average molecular weight is 560 g/mol. The highest BCUT2D eigenvalue weighted by atomic mass is 16.2. The van der Waals surface area contributed by atoms with E-state index >= 15 is 0 Å². The number of Topliss-reactive ketones (excluding diaryl/α,β-unsaturated/α-hetero) is 1. The second-order valence-electron chi connectivity index (χ2n) is 8.18. The van der Waals surface area contributed by atoms with Crippen LogP contribution < -0.4 is 9.80 Å². The molecule has 3 aromatic rings. The third kappa shape index (κ3) is 7.54. The number of likely N-dealkylation sites (N-methyl/N-ethyl adjacent to an activating group) is 2. The molecule has 0 aromatic heterocycles. The molecule has 8 nitrogen and oxygen atoms in total. The van der Waals surface area contributed by atoms with Gasteiger partial charge in [0.1, 0.15) is 0 Å². The summed E-state index contributed by atoms with van der Waals surface area (Å²) in [5.41, 5.74) is 4.41. The quantitative estimate of drug-likeness (QED) is 0.247. The van der Waals surface area contributed by atoms with E-state index in [-0.39, 0.29) is 17.7 Å². The molecule has 0 bridgehead atoms. The van der Waals surface area contributed by atoms with Crippen molar-refractivity contribution in [3.63, 3.8) is 0 Å². The van der Waals surface area contributed by atoms with Gasteiger partial charge < -0.3 is 9.80 Å². The normalized spacial score (nSPS) is 13.5. The first-order chi connectivity index (χ1) is 19.7. The summed E-state index contributed by atoms with van der Waals surface area (Å²) < 4.78 is 0. The van der Waals surface area contributed by atoms with Crippen LogP contribution in [0.3, 0.4) is 0 Å². The Kier molecular flexibility index (Phi) is 13.9. The van der Waals surface area contributed by atoms with Crippen molar-refractivity contribution in [2.75, 3.05) is 30.9 Å². The third-order valence-electron chi connectivity index (χ3n) is 6.07. The Labute approximate surface area is 243 Å². The van der Waals surface area contributed by atoms with Crippen LogP contribution in [0.5, 0.6) is 0 Å². The van der Waals surface area contributed by atoms with Crippen LogP contribution in [0, 0.1) is 0 Å². The van der Waals surface area contributed by atoms with Crippen molar-refractivity contribution >= 4 is 40.8 Å². The van der Waals surface area contributed by atoms with Crippen molar-refractivity contribution in [2.24, 2.45) is 0 Å². The minimum absolute atomic E-state index is 0.186. The summed E-state index contributed by atoms with van der Waals surface area (Å²) in [5, 5.41) is 0. The molecule has 41 heavy (non-hydrogen) atoms. The molecule has 6 rings (SSSR count). The first-order valence-electron chi connectivity index (χ1n) is 13.9. The van der Waals surface area contributed by atoms with E-state index < -0.39 is 11.7 Å². The van der Waals surface area contributed by atoms with E-state index in [2.05, 4.69) is 0 Å². The number of carbonyl (C=O) groups excluding carboxylic acids is 5. The van der Waals surface area contributed by atoms with Crippen LogP contribution in [0.25, 0.3) is 0 Å². The number of hydrogen-bond donors (Lipinski definition) is 0. The molecule has 8 heteroatoms. The van der Waals surface area contributed by atoms with Gasteiger partial charge in [0, 0.05) is 26.8 Å². The number of rotatable bonds is 0. The lowest BCUT2D eigenvalue weighted by Gasteiger charge is -2.08. The number of ketones is 1. The molecular formula is C33H41N3O5. The highest BCUT2D eigenvalue weighted by Crippen LogP contribution is 2.27. The molecule has 0 spiro atoms. The Morgan fingerprint density at radius 3 is 1.34 bits per heavy atom. The molecule has 0 aliphatic carbocycles. The van der Waals surface area contributed by atoms with Gasteiger partial charge in [0.15, 0.2) is 0 Å². The molecule has 4 amide bonds. The first kappa shape index (κ1) is 34.4. The van der Waals surface area contributed by atoms with E-state index in [1.54, 1.807) is 60.5 Å². The molecular weight excluding hydrogens is 518 g/mol. The van der Waals surface area contributed by atoms with Gasteiger partial charge in [0.05, 0.1) is 28.8 Å². The smallest absolute Gasteiger partial charge is 0.299 e. The third-order valence-corrected chi connectivity index (χ3v) is 6.07. The minimum atomic E-state index is -0.448. The molecule has 3 aliphatic heterocycles. The number of para-hydroxylation sites is 2. The Bertz CT molecular complexity index is 1350. The molecule has 0 atom stereocenters. The Balaban J connectivity index is 0.000000282. The molecule has 3 aliphatic rings. The molecule has 0 saturated carbocycles. The van der Waals surface area contributed by atoms with Gasteiger partial charge in [-0.2, -0.15) is 0 Å². The lowest BCUT2D eigenvalue weighted by atomic mass is 10.1. The van der Waals surface area contributed by atoms with E-state index in [0.29, 0.717) is 28.8 Å². The predicted molar refractivity (Wildman–Crippen MR) is 165 cm³/mol. The molecule has 0 N–H and O–H groups in total. The highest BCUT2D eigenvalue weighted by Gasteiger charge is 2.33. The zero-order chi connectivity index (χ0) is 31.3. The van der Waals surface area contributed by atoms with Gasteiger partial charge in [-0.3, -0.25) is 28.9 Å². The highest BCUT2D eigenvalue weighted by molar-refractivity contribution is 6.52. The standard InChI is InChI=1S/2C9H7NO2.C9H9NO.3C2H6/c1-10-7-5-3-2-4-6(7)8(11)9(10)12;1-10-8(11)6-4-2-3-5-7(6)9(10)12;1-10-8-5-3-2-4-7(8)6-9(10)11;3*1-2/h2*2-5H,1H3;2-5H,6H2,1H3;3*1-2H3. The van der Waals surface area contributed by atoms with Crippen molar-refractivity contribution < 1.29 is 24.0 Å². The first-order valence-corrected chi connectivity index (χ1v) is 13.9. The van der Waals surface area contributed by atoms with E-state index in [4.69, 9.17) is 0 Å². The fourth-order valence-corrected chi connectivity index (χ4v) is 4.05. The number of nitrogens with zero attached hydrogens (tertiary/aromatic N) is 3. The predicted octanol–water partition coefficient (Wildman–Crippen LogP) is 6.04. The summed E-state index contributed by atoms with van der Waals surface area (Å²) in [5.74, 6) is -1.10. The van der Waals surface area contributed by atoms with Gasteiger partial charge >= 0.3 is 0 Å². The molecule has 3 heterocycles. The number of hydrogen-bond acceptors (Lipinski definition) is 5. The average Bonchev–Trinajstić information content (AvgIpc) is 3.55. The molecule has 3 aromatic carbocycles. The summed E-state index contributed by atoms with van der Waals surface area (Å²) in [6.45, 7) is 12.0. The topological polar surface area (TPSA) is 95.1 Å². The number of fused-ring (bicyclic) bond motifs is 3. The molecule has 0 unspecified atom stereocenters. The summed E-state index contributed by atoms with van der Waals surface area (Å²) in [6, 6.07) is 21.7. The lowest BCUT2D eigenvalue weighted by Crippen LogP contribution is -2.24. The molecule has 0 fully saturated rings. The SMILES string of the molecule is CC.CC.CC.CN1C(=O)C(=O)c2ccccc21.CN1C(=O)Cc2ccccc21.CN1C(=O)c2ccccc2C1=O. The van der Waals surface area contributed by atoms with Gasteiger partial charge in [-0.1, -0.05) is 84.0 Å². The fraction of sp³-hybridized carbons (Fsp3) is 0.303. The van der Waals surface area contributed by atoms with Crippen LogP contribution in [-0.4, -0.2) is 55.5 Å². The summed E-state index contributed by atoms with van der Waals surface area (Å²) >= 11 is 0. The largest absolute Gasteiger partial charge is 0.315 e. The maximum atomic E-state index is 11.3. The van der Waals surface area contributed by atoms with Crippen molar-refractivity contribution in [3.8, 4) is 0 Å². The molecule has 218 valence electrons. The van der Waals surface area contributed by atoms with Crippen LogP contribution >= 0.6 is 0 Å². The van der Waals surface area contributed by atoms with Crippen molar-refractivity contribution in [1.29, 1.82) is 0 Å². The number of anilines is 2. The second kappa shape index (κ2) is 16.5. The Morgan fingerprint density at radius 1 is 0.463 bits per heavy atom. The van der Waals surface area contributed by atoms with Crippen molar-refractivity contribution in [1.82, 2.24) is 4.90 Å². The van der Waals surface area contributed by atoms with Crippen LogP contribution in [0.2, 0.25) is 0 Å². The van der Waals surface area contributed by atoms with E-state index in [9.17, 15) is 24.0 Å². The number of imide groups is 1. The number of carbonyl (C=O) groups is 5. The van der Waals surface area contributed by atoms with Crippen LogP contribution in [0.1, 0.15) is 78.2 Å². The zero-order valence-electron chi connectivity index (χ0n) is 25.5. The summed E-state index contributed by atoms with van der Waals surface area (Å²) in [6.07, 6.45) is 0.562. The Hall–Kier alpha value is -4.59. The lowest BCUT2D eigenvalue weighted by molar-refractivity contribution is -0.117. The summed E-state index contributed by atoms with van der Waals surface area (Å²) in [7, 11) is 4.91. The van der Waals surface area contributed by atoms with E-state index in [0.717, 1.165) is 16.2 Å². The van der Waals surface area contributed by atoms with Gasteiger partial charge in [-0.05, 0) is 35.9 Å². The maximum Gasteiger partial charge on any atom is 0.299 e. The van der Waals surface area contributed by atoms with Crippen molar-refractivity contribution in [3.05, 3.63) is 95.1 Å². The Morgan fingerprint density at radius 2 is 0.878 bits per heavy atom. The van der Waals surface area contributed by atoms with Gasteiger partial charge in [-0.15, -0.1) is 0 Å². The maximum absolute atomic E-state index is 11.3. The summed E-state index contributed by atoms with van der Waals surface area (Å²) in [4.78, 5) is 60.3. The van der Waals surface area contributed by atoms with Gasteiger partial charge in [-0.25, -0.2) is 0 Å². The van der Waals surface area contributed by atoms with Crippen molar-refractivity contribution in [2.45, 2.75) is 48.0 Å². The van der Waals surface area contributed by atoms with Gasteiger partial charge in [0.25, 0.3) is 23.5 Å². The van der Waals surface area contributed by atoms with Crippen LogP contribution in [0.4, 0.5) is 11.4 Å². The molecule has 0 saturated heterocycles. The number of amides is 4. The van der Waals surface area contributed by atoms with E-state index in [1.165, 1.54) is 11.9 Å².